The van der Waals surface area contributed by atoms with Crippen molar-refractivity contribution in [3.63, 3.8) is 0 Å². The number of halogens is 2. The van der Waals surface area contributed by atoms with Gasteiger partial charge < -0.3 is 5.73 Å². The van der Waals surface area contributed by atoms with Crippen molar-refractivity contribution in [2.24, 2.45) is 5.14 Å². The zero-order valence-electron chi connectivity index (χ0n) is 7.68. The maximum atomic E-state index is 12.3. The van der Waals surface area contributed by atoms with Gasteiger partial charge in [0.1, 0.15) is 16.7 Å². The van der Waals surface area contributed by atoms with Gasteiger partial charge in [-0.05, 0) is 6.07 Å². The third-order valence-corrected chi connectivity index (χ3v) is 2.59. The Labute approximate surface area is 89.5 Å². The Morgan fingerprint density at radius 3 is 2.44 bits per heavy atom. The Hall–Kier alpha value is -1.79. The van der Waals surface area contributed by atoms with Crippen molar-refractivity contribution < 1.29 is 17.2 Å². The van der Waals surface area contributed by atoms with Gasteiger partial charge in [-0.15, -0.1) is 0 Å². The predicted molar refractivity (Wildman–Crippen MR) is 49.7 cm³/mol. The molecule has 1 rings (SSSR count). The summed E-state index contributed by atoms with van der Waals surface area (Å²) in [6.45, 7) is 0. The van der Waals surface area contributed by atoms with E-state index in [2.05, 4.69) is 4.98 Å². The SMILES string of the molecule is N#Cc1nc(C(F)F)c(N)cc1S(N)(=O)=O. The van der Waals surface area contributed by atoms with Gasteiger partial charge in [-0.25, -0.2) is 27.3 Å². The first kappa shape index (κ1) is 12.3. The molecule has 0 atom stereocenters. The van der Waals surface area contributed by atoms with E-state index in [0.717, 1.165) is 0 Å². The molecule has 0 saturated carbocycles. The average Bonchev–Trinajstić information content (AvgIpc) is 2.15. The highest BCUT2D eigenvalue weighted by Crippen LogP contribution is 2.26. The lowest BCUT2D eigenvalue weighted by Gasteiger charge is -2.07. The fourth-order valence-electron chi connectivity index (χ4n) is 0.995. The number of anilines is 1. The van der Waals surface area contributed by atoms with Gasteiger partial charge in [0.05, 0.1) is 5.69 Å². The maximum absolute atomic E-state index is 12.3. The van der Waals surface area contributed by atoms with Crippen LogP contribution in [0.4, 0.5) is 14.5 Å². The molecule has 0 spiro atoms. The molecule has 0 aliphatic rings. The number of aromatic nitrogens is 1. The highest BCUT2D eigenvalue weighted by atomic mass is 32.2. The Balaban J connectivity index is 3.59. The quantitative estimate of drug-likeness (QED) is 0.769. The average molecular weight is 248 g/mol. The molecule has 86 valence electrons. The van der Waals surface area contributed by atoms with Crippen LogP contribution in [0.1, 0.15) is 17.8 Å². The number of pyridine rings is 1. The van der Waals surface area contributed by atoms with Crippen LogP contribution in [0.2, 0.25) is 0 Å². The minimum atomic E-state index is -4.22. The van der Waals surface area contributed by atoms with E-state index >= 15 is 0 Å². The molecule has 0 fully saturated rings. The monoisotopic (exact) mass is 248 g/mol. The predicted octanol–water partition coefficient (Wildman–Crippen LogP) is 0.120. The number of sulfonamides is 1. The van der Waals surface area contributed by atoms with Gasteiger partial charge in [-0.3, -0.25) is 0 Å². The number of rotatable bonds is 2. The lowest BCUT2D eigenvalue weighted by molar-refractivity contribution is 0.147. The van der Waals surface area contributed by atoms with Crippen LogP contribution in [0.3, 0.4) is 0 Å². The molecule has 0 radical (unpaired) electrons. The number of primary sulfonamides is 1. The summed E-state index contributed by atoms with van der Waals surface area (Å²) in [6, 6.07) is 2.06. The lowest BCUT2D eigenvalue weighted by atomic mass is 10.2. The summed E-state index contributed by atoms with van der Waals surface area (Å²) in [4.78, 5) is 2.49. The van der Waals surface area contributed by atoms with Crippen molar-refractivity contribution in [1.82, 2.24) is 4.98 Å². The molecule has 0 saturated heterocycles. The van der Waals surface area contributed by atoms with Crippen LogP contribution in [0.15, 0.2) is 11.0 Å². The summed E-state index contributed by atoms with van der Waals surface area (Å²) in [5.41, 5.74) is 3.10. The molecular formula is C7H6F2N4O2S. The Bertz CT molecular complexity index is 564. The zero-order chi connectivity index (χ0) is 12.5. The zero-order valence-corrected chi connectivity index (χ0v) is 8.50. The van der Waals surface area contributed by atoms with E-state index in [0.29, 0.717) is 6.07 Å². The van der Waals surface area contributed by atoms with Crippen molar-refractivity contribution in [2.45, 2.75) is 11.3 Å². The fourth-order valence-corrected chi connectivity index (χ4v) is 1.65. The number of hydrogen-bond donors (Lipinski definition) is 2. The van der Waals surface area contributed by atoms with Gasteiger partial charge in [0.25, 0.3) is 6.43 Å². The van der Waals surface area contributed by atoms with Gasteiger partial charge in [0.15, 0.2) is 5.69 Å². The largest absolute Gasteiger partial charge is 0.397 e. The van der Waals surface area contributed by atoms with Crippen LogP contribution < -0.4 is 10.9 Å². The van der Waals surface area contributed by atoms with E-state index in [1.54, 1.807) is 0 Å². The van der Waals surface area contributed by atoms with E-state index in [4.69, 9.17) is 16.1 Å². The van der Waals surface area contributed by atoms with Gasteiger partial charge in [0.2, 0.25) is 10.0 Å². The standard InChI is InChI=1S/C7H6F2N4O2S/c8-7(9)6-3(11)1-5(16(12,14)15)4(2-10)13-6/h1,7H,11H2,(H2,12,14,15). The summed E-state index contributed by atoms with van der Waals surface area (Å²) < 4.78 is 46.7. The molecule has 6 nitrogen and oxygen atoms in total. The first-order chi connectivity index (χ1) is 7.27. The van der Waals surface area contributed by atoms with Gasteiger partial charge >= 0.3 is 0 Å². The summed E-state index contributed by atoms with van der Waals surface area (Å²) in [5, 5.41) is 13.3. The van der Waals surface area contributed by atoms with E-state index < -0.39 is 38.4 Å². The van der Waals surface area contributed by atoms with Crippen LogP contribution in [0, 0.1) is 11.3 Å². The van der Waals surface area contributed by atoms with Gasteiger partial charge in [0, 0.05) is 0 Å². The molecule has 0 unspecified atom stereocenters. The molecule has 0 aliphatic carbocycles. The molecular weight excluding hydrogens is 242 g/mol. The van der Waals surface area contributed by atoms with E-state index in [1.165, 1.54) is 6.07 Å². The summed E-state index contributed by atoms with van der Waals surface area (Å²) in [7, 11) is -4.22. The highest BCUT2D eigenvalue weighted by molar-refractivity contribution is 7.89. The van der Waals surface area contributed by atoms with Crippen LogP contribution >= 0.6 is 0 Å². The van der Waals surface area contributed by atoms with Crippen LogP contribution in [0.25, 0.3) is 0 Å². The minimum absolute atomic E-state index is 0.530. The third-order valence-electron chi connectivity index (χ3n) is 1.67. The molecule has 1 aromatic heterocycles. The second kappa shape index (κ2) is 3.99. The molecule has 16 heavy (non-hydrogen) atoms. The smallest absolute Gasteiger partial charge is 0.282 e. The Morgan fingerprint density at radius 1 is 1.50 bits per heavy atom. The molecule has 0 amide bonds. The summed E-state index contributed by atoms with van der Waals surface area (Å²) in [5.74, 6) is 0. The highest BCUT2D eigenvalue weighted by Gasteiger charge is 2.22. The summed E-state index contributed by atoms with van der Waals surface area (Å²) >= 11 is 0. The molecule has 0 aliphatic heterocycles. The second-order valence-corrected chi connectivity index (χ2v) is 4.30. The third kappa shape index (κ3) is 2.23. The topological polar surface area (TPSA) is 123 Å². The van der Waals surface area contributed by atoms with Crippen LogP contribution in [-0.4, -0.2) is 13.4 Å². The Kier molecular flexibility index (Phi) is 3.06. The Morgan fingerprint density at radius 2 is 2.06 bits per heavy atom. The minimum Gasteiger partial charge on any atom is -0.397 e. The normalized spacial score (nSPS) is 11.4. The van der Waals surface area contributed by atoms with Gasteiger partial charge in [-0.2, -0.15) is 5.26 Å². The van der Waals surface area contributed by atoms with Crippen molar-refractivity contribution in [3.05, 3.63) is 17.5 Å². The van der Waals surface area contributed by atoms with Gasteiger partial charge in [-0.1, -0.05) is 0 Å². The molecule has 4 N–H and O–H groups in total. The number of nitrogens with two attached hydrogens (primary N) is 2. The lowest BCUT2D eigenvalue weighted by Crippen LogP contribution is -2.16. The van der Waals surface area contributed by atoms with Crippen molar-refractivity contribution in [2.75, 3.05) is 5.73 Å². The maximum Gasteiger partial charge on any atom is 0.282 e. The van der Waals surface area contributed by atoms with Crippen LogP contribution in [0.5, 0.6) is 0 Å². The van der Waals surface area contributed by atoms with Crippen molar-refractivity contribution >= 4 is 15.7 Å². The molecule has 1 heterocycles. The second-order valence-electron chi connectivity index (χ2n) is 2.77. The van der Waals surface area contributed by atoms with Crippen LogP contribution in [-0.2, 0) is 10.0 Å². The van der Waals surface area contributed by atoms with E-state index in [1.807, 2.05) is 0 Å². The molecule has 1 aromatic rings. The number of nitriles is 1. The molecule has 0 aromatic carbocycles. The van der Waals surface area contributed by atoms with E-state index in [9.17, 15) is 17.2 Å². The van der Waals surface area contributed by atoms with Crippen molar-refractivity contribution in [1.29, 1.82) is 5.26 Å². The number of alkyl halides is 2. The molecule has 0 bridgehead atoms. The first-order valence-corrected chi connectivity index (χ1v) is 5.33. The van der Waals surface area contributed by atoms with E-state index in [-0.39, 0.29) is 0 Å². The number of hydrogen-bond acceptors (Lipinski definition) is 5. The first-order valence-electron chi connectivity index (χ1n) is 3.79. The number of nitrogens with zero attached hydrogens (tertiary/aromatic N) is 2. The summed E-state index contributed by atoms with van der Waals surface area (Å²) in [6.07, 6.45) is -3.00. The molecule has 9 heteroatoms. The fraction of sp³-hybridized carbons (Fsp3) is 0.143. The van der Waals surface area contributed by atoms with Crippen molar-refractivity contribution in [3.8, 4) is 6.07 Å². The number of nitrogen functional groups attached to an aromatic ring is 1.